The van der Waals surface area contributed by atoms with Gasteiger partial charge in [0.05, 0.1) is 22.3 Å². The first-order chi connectivity index (χ1) is 17.1. The molecule has 0 saturated heterocycles. The standard InChI is InChI=1S/C29H24N4.C2H6.Pt/c1-29(2,27(30)23-17-9-11-19-25(23)31-21-13-5-3-6-14-21)28-24-18-10-12-20-26(24)33(32-28)22-15-7-4-8-16-22;1-2;/h3-13,15,17-20,30-31H,1-2H3;1-2H3;/q-2;;+2. The van der Waals surface area contributed by atoms with Crippen molar-refractivity contribution in [1.29, 1.82) is 5.41 Å². The number of aromatic nitrogens is 2. The van der Waals surface area contributed by atoms with Gasteiger partial charge in [-0.1, -0.05) is 55.9 Å². The van der Waals surface area contributed by atoms with Crippen molar-refractivity contribution in [2.75, 3.05) is 5.32 Å². The minimum Gasteiger partial charge on any atom is -0.378 e. The first-order valence-corrected chi connectivity index (χ1v) is 11.9. The molecule has 5 rings (SSSR count). The first kappa shape index (κ1) is 27.1. The number of rotatable bonds is 6. The van der Waals surface area contributed by atoms with E-state index >= 15 is 0 Å². The van der Waals surface area contributed by atoms with Crippen LogP contribution in [0.4, 0.5) is 11.4 Å². The van der Waals surface area contributed by atoms with Crippen molar-refractivity contribution in [3.05, 3.63) is 120 Å². The molecule has 0 unspecified atom stereocenters. The van der Waals surface area contributed by atoms with Crippen LogP contribution in [-0.4, -0.2) is 15.5 Å². The second-order valence-corrected chi connectivity index (χ2v) is 8.47. The Bertz CT molecular complexity index is 1420. The van der Waals surface area contributed by atoms with Gasteiger partial charge in [0.2, 0.25) is 0 Å². The molecule has 1 aromatic heterocycles. The van der Waals surface area contributed by atoms with Gasteiger partial charge in [-0.05, 0) is 31.7 Å². The zero-order chi connectivity index (χ0) is 24.8. The number of para-hydroxylation sites is 4. The normalized spacial score (nSPS) is 10.7. The molecule has 4 nitrogen and oxygen atoms in total. The number of hydrogen-bond acceptors (Lipinski definition) is 3. The van der Waals surface area contributed by atoms with Crippen LogP contribution < -0.4 is 5.32 Å². The molecule has 4 aromatic carbocycles. The average molecular weight is 654 g/mol. The van der Waals surface area contributed by atoms with Crippen molar-refractivity contribution in [2.45, 2.75) is 33.1 Å². The summed E-state index contributed by atoms with van der Waals surface area (Å²) in [5.41, 5.74) is 5.17. The Morgan fingerprint density at radius 2 is 1.47 bits per heavy atom. The number of benzene rings is 4. The van der Waals surface area contributed by atoms with Gasteiger partial charge in [-0.15, -0.1) is 12.1 Å². The van der Waals surface area contributed by atoms with E-state index in [0.717, 1.165) is 39.2 Å². The molecule has 2 N–H and O–H groups in total. The average Bonchev–Trinajstić information content (AvgIpc) is 3.32. The SMILES string of the molecule is CC.CC(C)(C(=N)c1ccccc1Nc1[c-]cccc1)c1nn(-c2[c-]cccc2)c2ccccc12.[Pt+2]. The minimum absolute atomic E-state index is 0. The maximum absolute atomic E-state index is 9.26. The molecular weight excluding hydrogens is 623 g/mol. The fourth-order valence-corrected chi connectivity index (χ4v) is 4.11. The van der Waals surface area contributed by atoms with Gasteiger partial charge in [0.15, 0.2) is 0 Å². The van der Waals surface area contributed by atoms with Gasteiger partial charge in [-0.2, -0.15) is 53.6 Å². The minimum atomic E-state index is -0.641. The third kappa shape index (κ3) is 5.34. The first-order valence-electron chi connectivity index (χ1n) is 11.9. The second-order valence-electron chi connectivity index (χ2n) is 8.47. The van der Waals surface area contributed by atoms with Crippen molar-refractivity contribution < 1.29 is 21.1 Å². The summed E-state index contributed by atoms with van der Waals surface area (Å²) in [6.07, 6.45) is 0. The molecule has 0 atom stereocenters. The monoisotopic (exact) mass is 653 g/mol. The number of nitrogens with one attached hydrogen (secondary N) is 2. The molecule has 0 aliphatic heterocycles. The van der Waals surface area contributed by atoms with E-state index in [0.29, 0.717) is 5.71 Å². The molecule has 5 aromatic rings. The van der Waals surface area contributed by atoms with Crippen molar-refractivity contribution in [3.8, 4) is 5.69 Å². The van der Waals surface area contributed by atoms with Crippen molar-refractivity contribution >= 4 is 28.0 Å². The molecule has 0 bridgehead atoms. The Labute approximate surface area is 228 Å². The summed E-state index contributed by atoms with van der Waals surface area (Å²) in [5.74, 6) is 0. The molecule has 36 heavy (non-hydrogen) atoms. The zero-order valence-electron chi connectivity index (χ0n) is 20.9. The maximum atomic E-state index is 9.26. The molecule has 0 saturated carbocycles. The Balaban J connectivity index is 0.00000117. The van der Waals surface area contributed by atoms with E-state index in [2.05, 4.69) is 43.4 Å². The van der Waals surface area contributed by atoms with Crippen LogP contribution in [0.2, 0.25) is 0 Å². The van der Waals surface area contributed by atoms with E-state index in [4.69, 9.17) is 5.10 Å². The molecule has 0 radical (unpaired) electrons. The predicted molar refractivity (Wildman–Crippen MR) is 146 cm³/mol. The van der Waals surface area contributed by atoms with Crippen LogP contribution in [0.1, 0.15) is 39.0 Å². The molecule has 0 fully saturated rings. The third-order valence-electron chi connectivity index (χ3n) is 5.90. The van der Waals surface area contributed by atoms with Crippen LogP contribution in [0.15, 0.2) is 97.1 Å². The molecule has 1 heterocycles. The Morgan fingerprint density at radius 3 is 2.17 bits per heavy atom. The fraction of sp³-hybridized carbons (Fsp3) is 0.161. The van der Waals surface area contributed by atoms with Crippen LogP contribution in [0, 0.1) is 17.5 Å². The van der Waals surface area contributed by atoms with E-state index in [1.165, 1.54) is 0 Å². The molecule has 0 amide bonds. The fourth-order valence-electron chi connectivity index (χ4n) is 4.11. The van der Waals surface area contributed by atoms with Gasteiger partial charge >= 0.3 is 21.1 Å². The topological polar surface area (TPSA) is 53.7 Å². The maximum Gasteiger partial charge on any atom is 2.00 e. The molecular formula is C31H30N4Pt. The van der Waals surface area contributed by atoms with Crippen molar-refractivity contribution in [3.63, 3.8) is 0 Å². The number of nitrogens with zero attached hydrogens (tertiary/aromatic N) is 2. The molecule has 0 spiro atoms. The van der Waals surface area contributed by atoms with E-state index in [9.17, 15) is 5.41 Å². The third-order valence-corrected chi connectivity index (χ3v) is 5.90. The van der Waals surface area contributed by atoms with Crippen molar-refractivity contribution in [1.82, 2.24) is 9.78 Å². The summed E-state index contributed by atoms with van der Waals surface area (Å²) >= 11 is 0. The van der Waals surface area contributed by atoms with Crippen molar-refractivity contribution in [2.24, 2.45) is 0 Å². The van der Waals surface area contributed by atoms with Crippen LogP contribution in [-0.2, 0) is 26.5 Å². The number of hydrogen-bond donors (Lipinski definition) is 2. The quantitative estimate of drug-likeness (QED) is 0.146. The van der Waals surface area contributed by atoms with E-state index in [-0.39, 0.29) is 21.1 Å². The van der Waals surface area contributed by atoms with E-state index in [1.54, 1.807) is 0 Å². The van der Waals surface area contributed by atoms with Gasteiger partial charge in [-0.3, -0.25) is 4.68 Å². The van der Waals surface area contributed by atoms with E-state index < -0.39 is 5.41 Å². The summed E-state index contributed by atoms with van der Waals surface area (Å²) < 4.78 is 1.92. The molecule has 5 heteroatoms. The van der Waals surface area contributed by atoms with Crippen LogP contribution in [0.25, 0.3) is 16.6 Å². The van der Waals surface area contributed by atoms with Crippen LogP contribution in [0.5, 0.6) is 0 Å². The second kappa shape index (κ2) is 12.0. The van der Waals surface area contributed by atoms with Gasteiger partial charge in [0.25, 0.3) is 0 Å². The molecule has 0 aliphatic rings. The van der Waals surface area contributed by atoms with Crippen LogP contribution >= 0.6 is 0 Å². The smallest absolute Gasteiger partial charge is 0.378 e. The summed E-state index contributed by atoms with van der Waals surface area (Å²) in [7, 11) is 0. The summed E-state index contributed by atoms with van der Waals surface area (Å²) in [4.78, 5) is 0. The van der Waals surface area contributed by atoms with Gasteiger partial charge in [-0.25, -0.2) is 0 Å². The zero-order valence-corrected chi connectivity index (χ0v) is 23.2. The summed E-state index contributed by atoms with van der Waals surface area (Å²) in [6, 6.07) is 38.1. The number of fused-ring (bicyclic) bond motifs is 1. The van der Waals surface area contributed by atoms with E-state index in [1.807, 2.05) is 103 Å². The Morgan fingerprint density at radius 1 is 0.833 bits per heavy atom. The largest absolute Gasteiger partial charge is 2.00 e. The van der Waals surface area contributed by atoms with Gasteiger partial charge < -0.3 is 10.7 Å². The number of anilines is 2. The molecule has 184 valence electrons. The molecule has 0 aliphatic carbocycles. The summed E-state index contributed by atoms with van der Waals surface area (Å²) in [5, 5.41) is 18.7. The van der Waals surface area contributed by atoms with Gasteiger partial charge in [0, 0.05) is 16.6 Å². The Hall–Kier alpha value is -3.49. The predicted octanol–water partition coefficient (Wildman–Crippen LogP) is 7.74. The summed E-state index contributed by atoms with van der Waals surface area (Å²) in [6.45, 7) is 8.13. The van der Waals surface area contributed by atoms with Gasteiger partial charge in [0.1, 0.15) is 0 Å². The Kier molecular flexibility index (Phi) is 9.01. The van der Waals surface area contributed by atoms with Crippen LogP contribution in [0.3, 0.4) is 0 Å².